The van der Waals surface area contributed by atoms with Crippen molar-refractivity contribution >= 4 is 81.6 Å². The lowest BCUT2D eigenvalue weighted by atomic mass is 9.86. The second-order valence-corrected chi connectivity index (χ2v) is 17.7. The number of carbonyl (C=O) groups is 5. The molecule has 1 unspecified atom stereocenters. The van der Waals surface area contributed by atoms with Crippen LogP contribution in [0.1, 0.15) is 85.0 Å². The van der Waals surface area contributed by atoms with Crippen LogP contribution in [0.15, 0.2) is 36.4 Å². The van der Waals surface area contributed by atoms with E-state index in [9.17, 15) is 24.0 Å². The number of hydrogen-bond acceptors (Lipinski definition) is 11. The Bertz CT molecular complexity index is 1750. The molecule has 3 N–H and O–H groups in total. The number of nitrogens with zero attached hydrogens (tertiary/aromatic N) is 2. The van der Waals surface area contributed by atoms with Crippen molar-refractivity contribution in [3.05, 3.63) is 47.7 Å². The van der Waals surface area contributed by atoms with Gasteiger partial charge in [-0.3, -0.25) is 29.2 Å². The van der Waals surface area contributed by atoms with E-state index in [0.717, 1.165) is 10.9 Å². The summed E-state index contributed by atoms with van der Waals surface area (Å²) in [7, 11) is 0. The van der Waals surface area contributed by atoms with E-state index in [0.29, 0.717) is 37.1 Å². The summed E-state index contributed by atoms with van der Waals surface area (Å²) in [4.78, 5) is 70.2. The van der Waals surface area contributed by atoms with Crippen molar-refractivity contribution in [2.24, 2.45) is 11.3 Å². The molecule has 5 atom stereocenters. The van der Waals surface area contributed by atoms with Crippen LogP contribution < -0.4 is 16.1 Å². The van der Waals surface area contributed by atoms with Crippen LogP contribution in [0.3, 0.4) is 0 Å². The molecule has 302 valence electrons. The molecule has 0 saturated carbocycles. The number of amides is 3. The second kappa shape index (κ2) is 18.5. The van der Waals surface area contributed by atoms with E-state index >= 15 is 0 Å². The number of rotatable bonds is 12. The minimum Gasteiger partial charge on any atom is -0.460 e. The molecule has 3 heterocycles. The van der Waals surface area contributed by atoms with E-state index in [1.807, 2.05) is 37.3 Å². The Morgan fingerprint density at radius 3 is 2.42 bits per heavy atom. The first-order valence-electron chi connectivity index (χ1n) is 18.2. The molecule has 14 nitrogen and oxygen atoms in total. The first-order valence-corrected chi connectivity index (χ1v) is 19.3. The Morgan fingerprint density at radius 2 is 1.78 bits per heavy atom. The summed E-state index contributed by atoms with van der Waals surface area (Å²) in [5.41, 5.74) is 3.13. The van der Waals surface area contributed by atoms with Gasteiger partial charge >= 0.3 is 18.0 Å². The van der Waals surface area contributed by atoms with Gasteiger partial charge in [0, 0.05) is 18.5 Å². The molecule has 0 aliphatic carbocycles. The average Bonchev–Trinajstić information content (AvgIpc) is 3.60. The third kappa shape index (κ3) is 12.7. The smallest absolute Gasteiger partial charge is 0.408 e. The van der Waals surface area contributed by atoms with Crippen molar-refractivity contribution in [3.63, 3.8) is 0 Å². The minimum atomic E-state index is -1.78. The van der Waals surface area contributed by atoms with Crippen LogP contribution in [-0.4, -0.2) is 93.8 Å². The van der Waals surface area contributed by atoms with Crippen LogP contribution in [-0.2, 0) is 38.1 Å². The number of esters is 2. The minimum absolute atomic E-state index is 0.0549. The van der Waals surface area contributed by atoms with Crippen LogP contribution in [0.5, 0.6) is 0 Å². The number of nitrogens with one attached hydrogen (secondary N) is 3. The fraction of sp³-hybridized carbons (Fsp3) is 0.579. The molecule has 2 aliphatic rings. The molecule has 17 heteroatoms. The second-order valence-electron chi connectivity index (χ2n) is 15.2. The van der Waals surface area contributed by atoms with Crippen molar-refractivity contribution in [2.45, 2.75) is 101 Å². The number of ether oxygens (including phenoxy) is 4. The normalized spacial score (nSPS) is 20.9. The molecule has 2 fully saturated rings. The van der Waals surface area contributed by atoms with E-state index in [2.05, 4.69) is 16.1 Å². The number of hydrogen-bond donors (Lipinski definition) is 3. The highest BCUT2D eigenvalue weighted by atomic mass is 35.6. The first kappa shape index (κ1) is 44.0. The lowest BCUT2D eigenvalue weighted by Gasteiger charge is -2.35. The topological polar surface area (TPSA) is 174 Å². The van der Waals surface area contributed by atoms with Crippen molar-refractivity contribution in [1.29, 1.82) is 0 Å². The van der Waals surface area contributed by atoms with Gasteiger partial charge in [-0.05, 0) is 77.5 Å². The van der Waals surface area contributed by atoms with E-state index in [4.69, 9.17) is 58.7 Å². The van der Waals surface area contributed by atoms with Crippen LogP contribution >= 0.6 is 34.8 Å². The molecule has 3 amide bonds. The Hall–Kier alpha value is -3.69. The highest BCUT2D eigenvalue weighted by Gasteiger charge is 2.44. The molecule has 55 heavy (non-hydrogen) atoms. The molecule has 1 aromatic carbocycles. The zero-order valence-corrected chi connectivity index (χ0v) is 34.3. The highest BCUT2D eigenvalue weighted by Crippen LogP contribution is 2.34. The standard InChI is InChI=1S/C38H50Cl3N5O9/c1-22(2)30(31(47)42-24(4)32(48)46-17-8-9-28(45-46)33(49)53-21-38(39,40)41)54-34(50)37(16-18-52-20-37)15-14-25-10-11-26-12-13-27(44-29(26)19-25)23(3)43-35(51)55-36(5,6)7/h10-15,19,22-24,28,30,45H,8-9,16-18,20-21H2,1-7H3,(H,42,47)(H,43,51)/t23-,24+,28+,30+,37?/m1/s1. The molecule has 0 spiro atoms. The number of pyridine rings is 1. The number of aromatic nitrogens is 1. The lowest BCUT2D eigenvalue weighted by molar-refractivity contribution is -0.166. The SMILES string of the molecule is CC(C)[C@H](OC(=O)C1(C=Cc2ccc3ccc([C@@H](C)NC(=O)OC(C)(C)C)nc3c2)CCOC1)C(=O)N[C@@H](C)C(=O)N1CCC[C@@H](C(=O)OCC(Cl)(Cl)Cl)N1. The van der Waals surface area contributed by atoms with Gasteiger partial charge in [-0.2, -0.15) is 0 Å². The van der Waals surface area contributed by atoms with Gasteiger partial charge in [0.25, 0.3) is 11.8 Å². The molecule has 1 aromatic heterocycles. The van der Waals surface area contributed by atoms with Gasteiger partial charge in [0.05, 0.1) is 23.9 Å². The summed E-state index contributed by atoms with van der Waals surface area (Å²) in [5, 5.41) is 7.60. The van der Waals surface area contributed by atoms with Gasteiger partial charge in [0.15, 0.2) is 6.10 Å². The number of alkyl carbamates (subject to hydrolysis) is 1. The van der Waals surface area contributed by atoms with Crippen LogP contribution in [0, 0.1) is 11.3 Å². The van der Waals surface area contributed by atoms with Gasteiger partial charge < -0.3 is 29.6 Å². The first-order chi connectivity index (χ1) is 25.7. The maximum atomic E-state index is 13.9. The fourth-order valence-electron chi connectivity index (χ4n) is 5.93. The van der Waals surface area contributed by atoms with Gasteiger partial charge in [-0.1, -0.05) is 79.0 Å². The third-order valence-corrected chi connectivity index (χ3v) is 9.24. The molecule has 4 rings (SSSR count). The summed E-state index contributed by atoms with van der Waals surface area (Å²) in [5.74, 6) is -2.91. The summed E-state index contributed by atoms with van der Waals surface area (Å²) in [6, 6.07) is 7.15. The largest absolute Gasteiger partial charge is 0.460 e. The van der Waals surface area contributed by atoms with Gasteiger partial charge in [-0.25, -0.2) is 10.2 Å². The number of benzene rings is 1. The Labute approximate surface area is 336 Å². The molecular weight excluding hydrogens is 777 g/mol. The fourth-order valence-corrected chi connectivity index (χ4v) is 6.10. The monoisotopic (exact) mass is 825 g/mol. The molecule has 0 bridgehead atoms. The zero-order valence-electron chi connectivity index (χ0n) is 32.1. The quantitative estimate of drug-likeness (QED) is 0.136. The predicted molar refractivity (Wildman–Crippen MR) is 208 cm³/mol. The van der Waals surface area contributed by atoms with Crippen molar-refractivity contribution in [3.8, 4) is 0 Å². The maximum absolute atomic E-state index is 13.9. The predicted octanol–water partition coefficient (Wildman–Crippen LogP) is 5.72. The van der Waals surface area contributed by atoms with Crippen LogP contribution in [0.2, 0.25) is 0 Å². The lowest BCUT2D eigenvalue weighted by Crippen LogP contribution is -2.60. The Kier molecular flexibility index (Phi) is 14.8. The van der Waals surface area contributed by atoms with Gasteiger partial charge in [-0.15, -0.1) is 0 Å². The Balaban J connectivity index is 1.41. The number of alkyl halides is 3. The van der Waals surface area contributed by atoms with Crippen molar-refractivity contribution < 1.29 is 42.9 Å². The Morgan fingerprint density at radius 1 is 1.07 bits per heavy atom. The average molecular weight is 827 g/mol. The molecule has 2 aromatic rings. The number of hydrazine groups is 1. The molecule has 2 aliphatic heterocycles. The van der Waals surface area contributed by atoms with Crippen LogP contribution in [0.25, 0.3) is 17.0 Å². The summed E-state index contributed by atoms with van der Waals surface area (Å²) < 4.78 is 20.2. The number of carbonyl (C=O) groups excluding carboxylic acids is 5. The van der Waals surface area contributed by atoms with Crippen molar-refractivity contribution in [2.75, 3.05) is 26.4 Å². The number of halogens is 3. The molecular formula is C38H50Cl3N5O9. The molecule has 0 radical (unpaired) electrons. The van der Waals surface area contributed by atoms with Gasteiger partial charge in [0.1, 0.15) is 29.7 Å². The highest BCUT2D eigenvalue weighted by molar-refractivity contribution is 6.67. The van der Waals surface area contributed by atoms with E-state index < -0.39 is 81.4 Å². The van der Waals surface area contributed by atoms with E-state index in [1.54, 1.807) is 46.8 Å². The van der Waals surface area contributed by atoms with Gasteiger partial charge in [0.2, 0.25) is 3.79 Å². The van der Waals surface area contributed by atoms with E-state index in [-0.39, 0.29) is 13.2 Å². The summed E-state index contributed by atoms with van der Waals surface area (Å²) >= 11 is 17.0. The third-order valence-electron chi connectivity index (χ3n) is 8.91. The summed E-state index contributed by atoms with van der Waals surface area (Å²) in [6.07, 6.45) is 2.98. The number of fused-ring (bicyclic) bond motifs is 1. The molecule has 2 saturated heterocycles. The van der Waals surface area contributed by atoms with E-state index in [1.165, 1.54) is 11.9 Å². The maximum Gasteiger partial charge on any atom is 0.408 e. The zero-order chi connectivity index (χ0) is 40.7. The van der Waals surface area contributed by atoms with Crippen molar-refractivity contribution in [1.82, 2.24) is 26.1 Å². The van der Waals surface area contributed by atoms with Crippen LogP contribution in [0.4, 0.5) is 4.79 Å². The summed E-state index contributed by atoms with van der Waals surface area (Å²) in [6.45, 7) is 12.4.